The second-order valence-corrected chi connectivity index (χ2v) is 6.74. The van der Waals surface area contributed by atoms with E-state index in [1.165, 1.54) is 16.7 Å². The Kier molecular flexibility index (Phi) is 7.70. The van der Waals surface area contributed by atoms with Gasteiger partial charge in [0.15, 0.2) is 0 Å². The van der Waals surface area contributed by atoms with Crippen molar-refractivity contribution in [2.75, 3.05) is 0 Å². The molecule has 19 heavy (non-hydrogen) atoms. The third kappa shape index (κ3) is 9.49. The Morgan fingerprint density at radius 3 is 2.05 bits per heavy atom. The molecule has 0 saturated carbocycles. The van der Waals surface area contributed by atoms with Gasteiger partial charge in [-0.1, -0.05) is 57.5 Å². The van der Waals surface area contributed by atoms with E-state index in [0.29, 0.717) is 5.41 Å². The molecule has 1 atom stereocenters. The van der Waals surface area contributed by atoms with Crippen molar-refractivity contribution in [2.45, 2.75) is 60.5 Å². The third-order valence-corrected chi connectivity index (χ3v) is 2.27. The molecule has 1 aliphatic carbocycles. The highest BCUT2D eigenvalue weighted by Crippen LogP contribution is 2.22. The van der Waals surface area contributed by atoms with Gasteiger partial charge < -0.3 is 5.11 Å². The molecule has 1 nitrogen and oxygen atoms in total. The van der Waals surface area contributed by atoms with Crippen LogP contribution >= 0.6 is 0 Å². The molecule has 0 spiro atoms. The molecular weight excluding hydrogens is 232 g/mol. The Morgan fingerprint density at radius 1 is 1.16 bits per heavy atom. The maximum Gasteiger partial charge on any atom is 0.0621 e. The first-order valence-corrected chi connectivity index (χ1v) is 7.01. The SMILES string of the molecule is C=CC.CC(C)(C)C.Cc1ccc2c(c1)CC(O)C2. The van der Waals surface area contributed by atoms with Crippen molar-refractivity contribution in [3.8, 4) is 0 Å². The van der Waals surface area contributed by atoms with Crippen LogP contribution in [0.3, 0.4) is 0 Å². The number of aliphatic hydroxyl groups is 1. The average Bonchev–Trinajstić information content (AvgIpc) is 2.55. The van der Waals surface area contributed by atoms with Crippen LogP contribution in [0.5, 0.6) is 0 Å². The van der Waals surface area contributed by atoms with Crippen LogP contribution in [0, 0.1) is 12.3 Å². The van der Waals surface area contributed by atoms with Gasteiger partial charge in [0.25, 0.3) is 0 Å². The molecule has 1 aromatic rings. The molecule has 0 aliphatic heterocycles. The highest BCUT2D eigenvalue weighted by atomic mass is 16.3. The largest absolute Gasteiger partial charge is 0.392 e. The molecule has 1 unspecified atom stereocenters. The van der Waals surface area contributed by atoms with E-state index in [1.807, 2.05) is 6.92 Å². The lowest BCUT2D eigenvalue weighted by atomic mass is 10.0. The summed E-state index contributed by atoms with van der Waals surface area (Å²) in [7, 11) is 0. The number of hydrogen-bond acceptors (Lipinski definition) is 1. The molecule has 0 fully saturated rings. The smallest absolute Gasteiger partial charge is 0.0621 e. The molecule has 0 aromatic heterocycles. The number of aryl methyl sites for hydroxylation is 1. The van der Waals surface area contributed by atoms with Crippen LogP contribution in [-0.2, 0) is 12.8 Å². The molecule has 0 amide bonds. The predicted molar refractivity (Wildman–Crippen MR) is 85.6 cm³/mol. The zero-order valence-electron chi connectivity index (χ0n) is 13.5. The van der Waals surface area contributed by atoms with Crippen LogP contribution in [0.15, 0.2) is 30.9 Å². The number of hydrogen-bond donors (Lipinski definition) is 1. The van der Waals surface area contributed by atoms with Crippen molar-refractivity contribution in [1.82, 2.24) is 0 Å². The number of benzene rings is 1. The van der Waals surface area contributed by atoms with E-state index in [1.54, 1.807) is 6.08 Å². The summed E-state index contributed by atoms with van der Waals surface area (Å²) in [5.41, 5.74) is 4.44. The normalized spacial score (nSPS) is 16.5. The number of fused-ring (bicyclic) bond motifs is 1. The lowest BCUT2D eigenvalue weighted by Crippen LogP contribution is -2.03. The van der Waals surface area contributed by atoms with E-state index in [-0.39, 0.29) is 6.10 Å². The molecule has 0 bridgehead atoms. The fraction of sp³-hybridized carbons (Fsp3) is 0.556. The molecule has 0 saturated heterocycles. The summed E-state index contributed by atoms with van der Waals surface area (Å²) >= 11 is 0. The molecule has 1 N–H and O–H groups in total. The van der Waals surface area contributed by atoms with Crippen LogP contribution in [0.4, 0.5) is 0 Å². The van der Waals surface area contributed by atoms with Gasteiger partial charge in [-0.2, -0.15) is 0 Å². The van der Waals surface area contributed by atoms with E-state index in [0.717, 1.165) is 12.8 Å². The van der Waals surface area contributed by atoms with Gasteiger partial charge in [-0.25, -0.2) is 0 Å². The predicted octanol–water partition coefficient (Wildman–Crippen LogP) is 4.70. The van der Waals surface area contributed by atoms with Gasteiger partial charge >= 0.3 is 0 Å². The molecular formula is C18H30O. The summed E-state index contributed by atoms with van der Waals surface area (Å²) in [5.74, 6) is 0. The monoisotopic (exact) mass is 262 g/mol. The van der Waals surface area contributed by atoms with Crippen LogP contribution in [0.25, 0.3) is 0 Å². The van der Waals surface area contributed by atoms with Gasteiger partial charge in [0.2, 0.25) is 0 Å². The van der Waals surface area contributed by atoms with Gasteiger partial charge in [0.05, 0.1) is 6.10 Å². The van der Waals surface area contributed by atoms with Gasteiger partial charge in [0.1, 0.15) is 0 Å². The molecule has 2 rings (SSSR count). The Labute approximate surface area is 119 Å². The Bertz CT molecular complexity index is 379. The minimum atomic E-state index is -0.133. The first-order valence-electron chi connectivity index (χ1n) is 7.01. The number of rotatable bonds is 0. The highest BCUT2D eigenvalue weighted by Gasteiger charge is 2.18. The summed E-state index contributed by atoms with van der Waals surface area (Å²) in [4.78, 5) is 0. The average molecular weight is 262 g/mol. The van der Waals surface area contributed by atoms with Crippen LogP contribution in [0.2, 0.25) is 0 Å². The summed E-state index contributed by atoms with van der Waals surface area (Å²) in [6.07, 6.45) is 3.30. The fourth-order valence-electron chi connectivity index (χ4n) is 1.72. The van der Waals surface area contributed by atoms with Crippen molar-refractivity contribution >= 4 is 0 Å². The van der Waals surface area contributed by atoms with Crippen LogP contribution < -0.4 is 0 Å². The summed E-state index contributed by atoms with van der Waals surface area (Å²) in [5, 5.41) is 9.34. The molecule has 0 radical (unpaired) electrons. The molecule has 108 valence electrons. The second-order valence-electron chi connectivity index (χ2n) is 6.74. The first-order chi connectivity index (χ1) is 8.67. The van der Waals surface area contributed by atoms with E-state index in [2.05, 4.69) is 59.4 Å². The van der Waals surface area contributed by atoms with Crippen molar-refractivity contribution in [3.63, 3.8) is 0 Å². The number of aliphatic hydroxyl groups excluding tert-OH is 1. The Hall–Kier alpha value is -1.08. The quantitative estimate of drug-likeness (QED) is 0.672. The minimum absolute atomic E-state index is 0.133. The maximum absolute atomic E-state index is 9.34. The maximum atomic E-state index is 9.34. The first kappa shape index (κ1) is 17.9. The zero-order chi connectivity index (χ0) is 15.1. The lowest BCUT2D eigenvalue weighted by molar-refractivity contribution is 0.187. The Balaban J connectivity index is 0.000000344. The van der Waals surface area contributed by atoms with Crippen molar-refractivity contribution in [1.29, 1.82) is 0 Å². The molecule has 1 heteroatoms. The van der Waals surface area contributed by atoms with Gasteiger partial charge in [0, 0.05) is 0 Å². The van der Waals surface area contributed by atoms with Gasteiger partial charge in [-0.15, -0.1) is 6.58 Å². The van der Waals surface area contributed by atoms with Crippen molar-refractivity contribution < 1.29 is 5.11 Å². The summed E-state index contributed by atoms with van der Waals surface area (Å²) < 4.78 is 0. The van der Waals surface area contributed by atoms with Gasteiger partial charge in [-0.3, -0.25) is 0 Å². The van der Waals surface area contributed by atoms with E-state index >= 15 is 0 Å². The summed E-state index contributed by atoms with van der Waals surface area (Å²) in [6, 6.07) is 6.41. The van der Waals surface area contributed by atoms with Crippen molar-refractivity contribution in [3.05, 3.63) is 47.5 Å². The standard InChI is InChI=1S/C10H12O.C5H12.C3H6/c1-7-2-3-8-5-10(11)6-9(8)4-7;1-5(2,3)4;1-3-2/h2-4,10-11H,5-6H2,1H3;1-4H3;3H,1H2,2H3. The summed E-state index contributed by atoms with van der Waals surface area (Å²) in [6.45, 7) is 16.1. The van der Waals surface area contributed by atoms with E-state index < -0.39 is 0 Å². The second kappa shape index (κ2) is 8.16. The topological polar surface area (TPSA) is 20.2 Å². The lowest BCUT2D eigenvalue weighted by Gasteiger charge is -2.05. The minimum Gasteiger partial charge on any atom is -0.392 e. The third-order valence-electron chi connectivity index (χ3n) is 2.27. The van der Waals surface area contributed by atoms with E-state index in [4.69, 9.17) is 0 Å². The van der Waals surface area contributed by atoms with Crippen LogP contribution in [-0.4, -0.2) is 11.2 Å². The highest BCUT2D eigenvalue weighted by molar-refractivity contribution is 5.35. The molecule has 0 heterocycles. The Morgan fingerprint density at radius 2 is 1.58 bits per heavy atom. The fourth-order valence-corrected chi connectivity index (χ4v) is 1.72. The molecule has 1 aliphatic rings. The number of allylic oxidation sites excluding steroid dienone is 1. The van der Waals surface area contributed by atoms with Crippen LogP contribution in [0.1, 0.15) is 51.3 Å². The molecule has 1 aromatic carbocycles. The van der Waals surface area contributed by atoms with E-state index in [9.17, 15) is 5.11 Å². The zero-order valence-corrected chi connectivity index (χ0v) is 13.5. The van der Waals surface area contributed by atoms with Gasteiger partial charge in [-0.05, 0) is 43.2 Å². The van der Waals surface area contributed by atoms with Crippen molar-refractivity contribution in [2.24, 2.45) is 5.41 Å².